The van der Waals surface area contributed by atoms with Crippen molar-refractivity contribution in [2.75, 3.05) is 24.5 Å². The van der Waals surface area contributed by atoms with E-state index in [-0.39, 0.29) is 17.6 Å². The van der Waals surface area contributed by atoms with Crippen LogP contribution in [0.5, 0.6) is 0 Å². The lowest BCUT2D eigenvalue weighted by Gasteiger charge is -2.33. The lowest BCUT2D eigenvalue weighted by Crippen LogP contribution is -2.41. The summed E-state index contributed by atoms with van der Waals surface area (Å²) in [4.78, 5) is 14.6. The van der Waals surface area contributed by atoms with E-state index in [2.05, 4.69) is 22.3 Å². The molecule has 2 aromatic carbocycles. The van der Waals surface area contributed by atoms with Crippen LogP contribution in [0.3, 0.4) is 0 Å². The van der Waals surface area contributed by atoms with Gasteiger partial charge in [-0.05, 0) is 49.1 Å². The SMILES string of the molecule is O=C(NCCc1ccc(F)cc1)C1CCN(c2ccccc2)CC1. The topological polar surface area (TPSA) is 32.3 Å². The van der Waals surface area contributed by atoms with Gasteiger partial charge >= 0.3 is 0 Å². The van der Waals surface area contributed by atoms with Gasteiger partial charge in [0.25, 0.3) is 0 Å². The minimum Gasteiger partial charge on any atom is -0.371 e. The second-order valence-corrected chi connectivity index (χ2v) is 6.26. The third-order valence-electron chi connectivity index (χ3n) is 4.61. The highest BCUT2D eigenvalue weighted by molar-refractivity contribution is 5.79. The Bertz CT molecular complexity index is 649. The highest BCUT2D eigenvalue weighted by atomic mass is 19.1. The predicted octanol–water partition coefficient (Wildman–Crippen LogP) is 3.40. The number of hydrogen-bond donors (Lipinski definition) is 1. The Morgan fingerprint density at radius 2 is 1.71 bits per heavy atom. The summed E-state index contributed by atoms with van der Waals surface area (Å²) in [5, 5.41) is 3.02. The van der Waals surface area contributed by atoms with E-state index in [4.69, 9.17) is 0 Å². The molecule has 0 atom stereocenters. The van der Waals surface area contributed by atoms with Crippen molar-refractivity contribution in [2.45, 2.75) is 19.3 Å². The maximum Gasteiger partial charge on any atom is 0.223 e. The van der Waals surface area contributed by atoms with Crippen LogP contribution in [0.1, 0.15) is 18.4 Å². The monoisotopic (exact) mass is 326 g/mol. The van der Waals surface area contributed by atoms with Gasteiger partial charge in [-0.25, -0.2) is 4.39 Å². The van der Waals surface area contributed by atoms with Gasteiger partial charge in [-0.15, -0.1) is 0 Å². The highest BCUT2D eigenvalue weighted by Crippen LogP contribution is 2.23. The summed E-state index contributed by atoms with van der Waals surface area (Å²) in [6.07, 6.45) is 2.50. The van der Waals surface area contributed by atoms with Crippen molar-refractivity contribution >= 4 is 11.6 Å². The minimum atomic E-state index is -0.229. The zero-order valence-corrected chi connectivity index (χ0v) is 13.7. The lowest BCUT2D eigenvalue weighted by atomic mass is 9.95. The van der Waals surface area contributed by atoms with E-state index < -0.39 is 0 Å². The van der Waals surface area contributed by atoms with Crippen molar-refractivity contribution in [3.8, 4) is 0 Å². The normalized spacial score (nSPS) is 15.3. The molecule has 0 bridgehead atoms. The summed E-state index contributed by atoms with van der Waals surface area (Å²) in [6, 6.07) is 16.8. The molecule has 1 amide bonds. The smallest absolute Gasteiger partial charge is 0.223 e. The maximum absolute atomic E-state index is 12.9. The quantitative estimate of drug-likeness (QED) is 0.913. The van der Waals surface area contributed by atoms with Gasteiger partial charge in [0, 0.05) is 31.2 Å². The van der Waals surface area contributed by atoms with Crippen molar-refractivity contribution in [3.63, 3.8) is 0 Å². The van der Waals surface area contributed by atoms with E-state index in [0.717, 1.165) is 37.9 Å². The molecular weight excluding hydrogens is 303 g/mol. The van der Waals surface area contributed by atoms with E-state index in [1.807, 2.05) is 18.2 Å². The van der Waals surface area contributed by atoms with Crippen molar-refractivity contribution in [1.82, 2.24) is 5.32 Å². The molecule has 0 aromatic heterocycles. The Balaban J connectivity index is 1.41. The molecule has 0 radical (unpaired) electrons. The minimum absolute atomic E-state index is 0.0955. The molecular formula is C20H23FN2O. The molecule has 1 saturated heterocycles. The molecule has 1 aliphatic heterocycles. The van der Waals surface area contributed by atoms with Crippen LogP contribution in [0.2, 0.25) is 0 Å². The van der Waals surface area contributed by atoms with E-state index in [1.165, 1.54) is 17.8 Å². The highest BCUT2D eigenvalue weighted by Gasteiger charge is 2.24. The Hall–Kier alpha value is -2.36. The summed E-state index contributed by atoms with van der Waals surface area (Å²) < 4.78 is 12.9. The summed E-state index contributed by atoms with van der Waals surface area (Å²) in [7, 11) is 0. The maximum atomic E-state index is 12.9. The Labute approximate surface area is 142 Å². The number of anilines is 1. The summed E-state index contributed by atoms with van der Waals surface area (Å²) in [5.41, 5.74) is 2.27. The summed E-state index contributed by atoms with van der Waals surface area (Å²) >= 11 is 0. The van der Waals surface area contributed by atoms with Crippen LogP contribution >= 0.6 is 0 Å². The van der Waals surface area contributed by atoms with Gasteiger partial charge in [0.05, 0.1) is 0 Å². The first-order valence-corrected chi connectivity index (χ1v) is 8.54. The third kappa shape index (κ3) is 4.34. The first-order chi connectivity index (χ1) is 11.7. The predicted molar refractivity (Wildman–Crippen MR) is 94.5 cm³/mol. The molecule has 3 nitrogen and oxygen atoms in total. The number of carbonyl (C=O) groups is 1. The summed E-state index contributed by atoms with van der Waals surface area (Å²) in [5.74, 6) is 0.0102. The van der Waals surface area contributed by atoms with Crippen molar-refractivity contribution < 1.29 is 9.18 Å². The molecule has 0 saturated carbocycles. The third-order valence-corrected chi connectivity index (χ3v) is 4.61. The molecule has 1 fully saturated rings. The fraction of sp³-hybridized carbons (Fsp3) is 0.350. The number of amides is 1. The molecule has 1 N–H and O–H groups in total. The number of nitrogens with zero attached hydrogens (tertiary/aromatic N) is 1. The zero-order chi connectivity index (χ0) is 16.8. The Morgan fingerprint density at radius 3 is 2.38 bits per heavy atom. The van der Waals surface area contributed by atoms with Crippen molar-refractivity contribution in [2.24, 2.45) is 5.92 Å². The molecule has 3 rings (SSSR count). The number of benzene rings is 2. The van der Waals surface area contributed by atoms with Gasteiger partial charge in [0.2, 0.25) is 5.91 Å². The molecule has 1 heterocycles. The molecule has 4 heteroatoms. The van der Waals surface area contributed by atoms with Gasteiger partial charge in [-0.1, -0.05) is 30.3 Å². The van der Waals surface area contributed by atoms with E-state index in [9.17, 15) is 9.18 Å². The van der Waals surface area contributed by atoms with Crippen LogP contribution in [0.15, 0.2) is 54.6 Å². The van der Waals surface area contributed by atoms with Gasteiger partial charge < -0.3 is 10.2 Å². The largest absolute Gasteiger partial charge is 0.371 e. The molecule has 1 aliphatic rings. The van der Waals surface area contributed by atoms with Crippen LogP contribution in [0, 0.1) is 11.7 Å². The number of halogens is 1. The number of piperidine rings is 1. The first-order valence-electron chi connectivity index (χ1n) is 8.54. The standard InChI is InChI=1S/C20H23FN2O/c21-18-8-6-16(7-9-18)10-13-22-20(24)17-11-14-23(15-12-17)19-4-2-1-3-5-19/h1-9,17H,10-15H2,(H,22,24). The number of nitrogens with one attached hydrogen (secondary N) is 1. The van der Waals surface area contributed by atoms with E-state index in [1.54, 1.807) is 12.1 Å². The number of hydrogen-bond acceptors (Lipinski definition) is 2. The van der Waals surface area contributed by atoms with Gasteiger partial charge in [0.15, 0.2) is 0 Å². The van der Waals surface area contributed by atoms with Crippen LogP contribution < -0.4 is 10.2 Å². The van der Waals surface area contributed by atoms with Crippen molar-refractivity contribution in [1.29, 1.82) is 0 Å². The Kier molecular flexibility index (Phi) is 5.47. The molecule has 126 valence electrons. The van der Waals surface area contributed by atoms with Crippen LogP contribution in [-0.4, -0.2) is 25.5 Å². The second-order valence-electron chi connectivity index (χ2n) is 6.26. The van der Waals surface area contributed by atoms with E-state index >= 15 is 0 Å². The van der Waals surface area contributed by atoms with Gasteiger partial charge in [0.1, 0.15) is 5.82 Å². The summed E-state index contributed by atoms with van der Waals surface area (Å²) in [6.45, 7) is 2.43. The van der Waals surface area contributed by atoms with Crippen LogP contribution in [-0.2, 0) is 11.2 Å². The molecule has 0 unspecified atom stereocenters. The first kappa shape index (κ1) is 16.5. The zero-order valence-electron chi connectivity index (χ0n) is 13.7. The van der Waals surface area contributed by atoms with E-state index in [0.29, 0.717) is 6.54 Å². The average molecular weight is 326 g/mol. The molecule has 24 heavy (non-hydrogen) atoms. The average Bonchev–Trinajstić information content (AvgIpc) is 2.64. The van der Waals surface area contributed by atoms with Crippen LogP contribution in [0.4, 0.5) is 10.1 Å². The second kappa shape index (κ2) is 7.95. The number of rotatable bonds is 5. The van der Waals surface area contributed by atoms with Gasteiger partial charge in [-0.3, -0.25) is 4.79 Å². The Morgan fingerprint density at radius 1 is 1.04 bits per heavy atom. The fourth-order valence-electron chi connectivity index (χ4n) is 3.16. The van der Waals surface area contributed by atoms with Crippen LogP contribution in [0.25, 0.3) is 0 Å². The molecule has 0 spiro atoms. The molecule has 0 aliphatic carbocycles. The number of para-hydroxylation sites is 1. The van der Waals surface area contributed by atoms with Gasteiger partial charge in [-0.2, -0.15) is 0 Å². The van der Waals surface area contributed by atoms with Crippen molar-refractivity contribution in [3.05, 3.63) is 66.0 Å². The number of carbonyl (C=O) groups excluding carboxylic acids is 1. The molecule has 2 aromatic rings. The lowest BCUT2D eigenvalue weighted by molar-refractivity contribution is -0.125. The fourth-order valence-corrected chi connectivity index (χ4v) is 3.16.